The van der Waals surface area contributed by atoms with E-state index in [9.17, 15) is 22.8 Å². The molecule has 2 nitrogen and oxygen atoms in total. The van der Waals surface area contributed by atoms with Gasteiger partial charge in [-0.1, -0.05) is 29.8 Å². The van der Waals surface area contributed by atoms with Crippen LogP contribution in [0.15, 0.2) is 24.3 Å². The fourth-order valence-electron chi connectivity index (χ4n) is 1.24. The Labute approximate surface area is 90.1 Å². The number of hydrogen-bond acceptors (Lipinski definition) is 2. The van der Waals surface area contributed by atoms with Crippen molar-refractivity contribution in [3.8, 4) is 0 Å². The van der Waals surface area contributed by atoms with E-state index >= 15 is 0 Å². The van der Waals surface area contributed by atoms with Crippen molar-refractivity contribution in [1.82, 2.24) is 0 Å². The highest BCUT2D eigenvalue weighted by molar-refractivity contribution is 6.02. The van der Waals surface area contributed by atoms with E-state index in [1.807, 2.05) is 0 Å². The first-order chi connectivity index (χ1) is 7.36. The van der Waals surface area contributed by atoms with Gasteiger partial charge >= 0.3 is 6.18 Å². The number of carbonyl (C=O) groups excluding carboxylic acids is 2. The van der Waals surface area contributed by atoms with Crippen molar-refractivity contribution in [2.75, 3.05) is 0 Å². The quantitative estimate of drug-likeness (QED) is 0.590. The maximum absolute atomic E-state index is 12.1. The van der Waals surface area contributed by atoms with Crippen LogP contribution < -0.4 is 0 Å². The van der Waals surface area contributed by atoms with Crippen molar-refractivity contribution in [3.63, 3.8) is 0 Å². The Bertz CT molecular complexity index is 393. The molecule has 1 rings (SSSR count). The number of Topliss-reactive ketones (excluding diaryl/α,β-unsaturated/α-hetero) is 1. The predicted molar refractivity (Wildman–Crippen MR) is 51.0 cm³/mol. The lowest BCUT2D eigenvalue weighted by Crippen LogP contribution is -2.29. The first kappa shape index (κ1) is 12.4. The Balaban J connectivity index is 3.04. The molecule has 0 saturated carbocycles. The fraction of sp³-hybridized carbons (Fsp3) is 0.273. The molecule has 0 aromatic heterocycles. The lowest BCUT2D eigenvalue weighted by molar-refractivity contribution is -0.172. The largest absolute Gasteiger partial charge is 0.451 e. The van der Waals surface area contributed by atoms with Crippen molar-refractivity contribution in [2.45, 2.75) is 19.0 Å². The second kappa shape index (κ2) is 4.47. The lowest BCUT2D eigenvalue weighted by atomic mass is 9.95. The maximum Gasteiger partial charge on any atom is 0.451 e. The summed E-state index contributed by atoms with van der Waals surface area (Å²) in [6.45, 7) is 1.76. The van der Waals surface area contributed by atoms with Crippen LogP contribution in [0.2, 0.25) is 0 Å². The summed E-state index contributed by atoms with van der Waals surface area (Å²) in [5, 5.41) is 0. The highest BCUT2D eigenvalue weighted by atomic mass is 19.4. The summed E-state index contributed by atoms with van der Waals surface area (Å²) in [4.78, 5) is 21.5. The third kappa shape index (κ3) is 2.68. The Morgan fingerprint density at radius 2 is 1.75 bits per heavy atom. The minimum absolute atomic E-state index is 0.0144. The minimum Gasteiger partial charge on any atom is -0.302 e. The molecule has 86 valence electrons. The summed E-state index contributed by atoms with van der Waals surface area (Å²) in [6.07, 6.45) is -4.98. The Hall–Kier alpha value is -1.65. The van der Waals surface area contributed by atoms with Crippen LogP contribution in [-0.4, -0.2) is 18.2 Å². The van der Waals surface area contributed by atoms with Crippen molar-refractivity contribution < 1.29 is 22.8 Å². The van der Waals surface area contributed by atoms with E-state index in [4.69, 9.17) is 0 Å². The zero-order valence-electron chi connectivity index (χ0n) is 8.41. The Morgan fingerprint density at radius 3 is 2.12 bits per heavy atom. The molecular weight excluding hydrogens is 221 g/mol. The Morgan fingerprint density at radius 1 is 1.25 bits per heavy atom. The van der Waals surface area contributed by atoms with E-state index in [1.54, 1.807) is 19.1 Å². The highest BCUT2D eigenvalue weighted by Crippen LogP contribution is 2.26. The smallest absolute Gasteiger partial charge is 0.302 e. The van der Waals surface area contributed by atoms with Gasteiger partial charge in [-0.3, -0.25) is 4.79 Å². The molecule has 0 radical (unpaired) electrons. The molecule has 1 unspecified atom stereocenters. The summed E-state index contributed by atoms with van der Waals surface area (Å²) in [6, 6.07) is 5.79. The number of halogens is 3. The van der Waals surface area contributed by atoms with Crippen molar-refractivity contribution in [2.24, 2.45) is 0 Å². The number of carbonyl (C=O) groups is 2. The molecule has 0 spiro atoms. The first-order valence-corrected chi connectivity index (χ1v) is 4.49. The van der Waals surface area contributed by atoms with Crippen LogP contribution in [0.3, 0.4) is 0 Å². The van der Waals surface area contributed by atoms with Gasteiger partial charge < -0.3 is 4.79 Å². The Kier molecular flexibility index (Phi) is 3.47. The van der Waals surface area contributed by atoms with Gasteiger partial charge in [0.2, 0.25) is 0 Å². The molecule has 0 saturated heterocycles. The number of aldehydes is 1. The number of rotatable bonds is 3. The highest BCUT2D eigenvalue weighted by Gasteiger charge is 2.43. The molecule has 0 aliphatic heterocycles. The summed E-state index contributed by atoms with van der Waals surface area (Å²) in [5.74, 6) is -3.80. The molecule has 0 bridgehead atoms. The molecule has 5 heteroatoms. The van der Waals surface area contributed by atoms with Crippen molar-refractivity contribution in [3.05, 3.63) is 35.4 Å². The fourth-order valence-corrected chi connectivity index (χ4v) is 1.24. The van der Waals surface area contributed by atoms with Crippen LogP contribution in [0.4, 0.5) is 13.2 Å². The second-order valence-electron chi connectivity index (χ2n) is 3.39. The molecule has 0 aliphatic rings. The number of alkyl halides is 3. The topological polar surface area (TPSA) is 34.1 Å². The molecule has 1 atom stereocenters. The summed E-state index contributed by atoms with van der Waals surface area (Å²) < 4.78 is 36.4. The van der Waals surface area contributed by atoms with Crippen molar-refractivity contribution in [1.29, 1.82) is 0 Å². The third-order valence-corrected chi connectivity index (χ3v) is 2.13. The predicted octanol–water partition coefficient (Wildman–Crippen LogP) is 2.41. The van der Waals surface area contributed by atoms with E-state index in [1.165, 1.54) is 12.1 Å². The number of ketones is 1. The minimum atomic E-state index is -4.99. The average molecular weight is 230 g/mol. The van der Waals surface area contributed by atoms with Gasteiger partial charge in [0, 0.05) is 0 Å². The third-order valence-electron chi connectivity index (χ3n) is 2.13. The molecule has 0 aliphatic carbocycles. The van der Waals surface area contributed by atoms with Crippen molar-refractivity contribution >= 4 is 12.1 Å². The standard InChI is InChI=1S/C11H9F3O2/c1-7-2-4-8(5-3-7)9(6-15)10(16)11(12,13)14/h2-6,9H,1H3. The zero-order valence-corrected chi connectivity index (χ0v) is 8.41. The zero-order chi connectivity index (χ0) is 12.3. The lowest BCUT2D eigenvalue weighted by Gasteiger charge is -2.12. The van der Waals surface area contributed by atoms with E-state index in [-0.39, 0.29) is 11.8 Å². The van der Waals surface area contributed by atoms with E-state index in [0.29, 0.717) is 0 Å². The molecule has 0 amide bonds. The molecule has 16 heavy (non-hydrogen) atoms. The normalized spacial score (nSPS) is 13.2. The van der Waals surface area contributed by atoms with E-state index in [2.05, 4.69) is 0 Å². The van der Waals surface area contributed by atoms with Gasteiger partial charge in [-0.05, 0) is 12.5 Å². The molecule has 0 N–H and O–H groups in total. The SMILES string of the molecule is Cc1ccc(C(C=O)C(=O)C(F)(F)F)cc1. The number of benzene rings is 1. The summed E-state index contributed by atoms with van der Waals surface area (Å²) >= 11 is 0. The van der Waals surface area contributed by atoms with Gasteiger partial charge in [-0.15, -0.1) is 0 Å². The maximum atomic E-state index is 12.1. The van der Waals surface area contributed by atoms with Crippen LogP contribution in [0.25, 0.3) is 0 Å². The van der Waals surface area contributed by atoms with Crippen LogP contribution in [0.5, 0.6) is 0 Å². The molecule has 1 aromatic carbocycles. The molecular formula is C11H9F3O2. The van der Waals surface area contributed by atoms with Crippen LogP contribution in [-0.2, 0) is 9.59 Å². The average Bonchev–Trinajstić information content (AvgIpc) is 2.20. The molecule has 0 heterocycles. The molecule has 1 aromatic rings. The summed E-state index contributed by atoms with van der Waals surface area (Å²) in [5.41, 5.74) is 0.899. The van der Waals surface area contributed by atoms with Gasteiger partial charge in [0.25, 0.3) is 5.78 Å². The van der Waals surface area contributed by atoms with E-state index in [0.717, 1.165) is 5.56 Å². The van der Waals surface area contributed by atoms with Gasteiger partial charge in [0.05, 0.1) is 0 Å². The second-order valence-corrected chi connectivity index (χ2v) is 3.39. The monoisotopic (exact) mass is 230 g/mol. The van der Waals surface area contributed by atoms with Gasteiger partial charge in [-0.2, -0.15) is 13.2 Å². The number of aryl methyl sites for hydroxylation is 1. The summed E-state index contributed by atoms with van der Waals surface area (Å²) in [7, 11) is 0. The van der Waals surface area contributed by atoms with Crippen LogP contribution in [0, 0.1) is 6.92 Å². The van der Waals surface area contributed by atoms with Crippen LogP contribution in [0.1, 0.15) is 17.0 Å². The first-order valence-electron chi connectivity index (χ1n) is 4.49. The van der Waals surface area contributed by atoms with E-state index < -0.39 is 17.9 Å². The molecule has 0 fully saturated rings. The number of hydrogen-bond donors (Lipinski definition) is 0. The van der Waals surface area contributed by atoms with Crippen LogP contribution >= 0.6 is 0 Å². The van der Waals surface area contributed by atoms with Gasteiger partial charge in [0.15, 0.2) is 0 Å². The van der Waals surface area contributed by atoms with Gasteiger partial charge in [0.1, 0.15) is 12.2 Å². The van der Waals surface area contributed by atoms with Gasteiger partial charge in [-0.25, -0.2) is 0 Å².